The molecule has 3 aromatic rings. The van der Waals surface area contributed by atoms with Crippen molar-refractivity contribution >= 4 is 44.9 Å². The zero-order chi connectivity index (χ0) is 24.5. The van der Waals surface area contributed by atoms with E-state index in [0.717, 1.165) is 45.7 Å². The number of morpholine rings is 1. The predicted octanol–water partition coefficient (Wildman–Crippen LogP) is 3.94. The zero-order valence-electron chi connectivity index (χ0n) is 20.5. The summed E-state index contributed by atoms with van der Waals surface area (Å²) in [5.74, 6) is -0.0168. The molecule has 5 rings (SSSR count). The number of aromatic nitrogens is 2. The van der Waals surface area contributed by atoms with Gasteiger partial charge < -0.3 is 19.9 Å². The average Bonchev–Trinajstić information content (AvgIpc) is 3.26. The number of nitrogens with one attached hydrogen (secondary N) is 1. The van der Waals surface area contributed by atoms with Gasteiger partial charge in [-0.05, 0) is 56.8 Å². The third-order valence-electron chi connectivity index (χ3n) is 7.00. The van der Waals surface area contributed by atoms with E-state index < -0.39 is 0 Å². The fourth-order valence-electron chi connectivity index (χ4n) is 5.01. The average molecular weight is 494 g/mol. The second-order valence-electron chi connectivity index (χ2n) is 9.44. The van der Waals surface area contributed by atoms with Crippen molar-refractivity contribution in [3.63, 3.8) is 0 Å². The van der Waals surface area contributed by atoms with Gasteiger partial charge in [0.15, 0.2) is 0 Å². The van der Waals surface area contributed by atoms with Crippen molar-refractivity contribution < 1.29 is 14.3 Å². The molecule has 0 unspecified atom stereocenters. The van der Waals surface area contributed by atoms with Crippen LogP contribution in [0.4, 0.5) is 11.4 Å². The lowest BCUT2D eigenvalue weighted by atomic mass is 9.94. The molecule has 0 atom stereocenters. The van der Waals surface area contributed by atoms with E-state index in [2.05, 4.69) is 25.6 Å². The number of fused-ring (bicyclic) bond motifs is 1. The van der Waals surface area contributed by atoms with Crippen LogP contribution in [0.2, 0.25) is 0 Å². The Kier molecular flexibility index (Phi) is 6.71. The van der Waals surface area contributed by atoms with Crippen LogP contribution in [0, 0.1) is 26.7 Å². The number of carbonyl (C=O) groups is 2. The number of aryl methyl sites for hydroxylation is 3. The summed E-state index contributed by atoms with van der Waals surface area (Å²) in [4.78, 5) is 36.0. The largest absolute Gasteiger partial charge is 0.378 e. The molecule has 0 bridgehead atoms. The first kappa shape index (κ1) is 23.7. The Morgan fingerprint density at radius 1 is 1.09 bits per heavy atom. The van der Waals surface area contributed by atoms with Crippen LogP contribution in [0.3, 0.4) is 0 Å². The molecule has 2 amide bonds. The SMILES string of the molecule is Cc1ccc(NC(=O)C2CCN(c3c(C(=O)N4CCOCC4)cnc4snc(C)c34)CC2)c(C)c1. The molecular formula is C26H31N5O3S. The number of benzene rings is 1. The Morgan fingerprint density at radius 3 is 2.54 bits per heavy atom. The van der Waals surface area contributed by atoms with Crippen LogP contribution in [-0.4, -0.2) is 65.5 Å². The third kappa shape index (κ3) is 4.75. The molecule has 4 heterocycles. The molecule has 2 aromatic heterocycles. The minimum Gasteiger partial charge on any atom is -0.378 e. The fraction of sp³-hybridized carbons (Fsp3) is 0.462. The summed E-state index contributed by atoms with van der Waals surface area (Å²) in [7, 11) is 0. The van der Waals surface area contributed by atoms with E-state index in [0.29, 0.717) is 45.0 Å². The lowest BCUT2D eigenvalue weighted by Gasteiger charge is -2.35. The monoisotopic (exact) mass is 493 g/mol. The highest BCUT2D eigenvalue weighted by Gasteiger charge is 2.31. The number of anilines is 2. The topological polar surface area (TPSA) is 87.7 Å². The third-order valence-corrected chi connectivity index (χ3v) is 7.85. The van der Waals surface area contributed by atoms with E-state index in [1.54, 1.807) is 6.20 Å². The Hall–Kier alpha value is -3.04. The van der Waals surface area contributed by atoms with Gasteiger partial charge in [0.25, 0.3) is 5.91 Å². The van der Waals surface area contributed by atoms with E-state index in [1.165, 1.54) is 17.1 Å². The second kappa shape index (κ2) is 9.91. The van der Waals surface area contributed by atoms with Gasteiger partial charge in [0.1, 0.15) is 4.83 Å². The van der Waals surface area contributed by atoms with E-state index in [1.807, 2.05) is 37.8 Å². The molecule has 8 nitrogen and oxygen atoms in total. The van der Waals surface area contributed by atoms with Crippen molar-refractivity contribution in [2.24, 2.45) is 5.92 Å². The predicted molar refractivity (Wildman–Crippen MR) is 138 cm³/mol. The Bertz CT molecular complexity index is 1260. The summed E-state index contributed by atoms with van der Waals surface area (Å²) in [5, 5.41) is 4.07. The molecule has 2 saturated heterocycles. The lowest BCUT2D eigenvalue weighted by molar-refractivity contribution is -0.120. The van der Waals surface area contributed by atoms with Crippen molar-refractivity contribution in [3.8, 4) is 0 Å². The van der Waals surface area contributed by atoms with Crippen LogP contribution in [0.1, 0.15) is 40.0 Å². The first-order valence-electron chi connectivity index (χ1n) is 12.2. The van der Waals surface area contributed by atoms with Crippen LogP contribution in [0.25, 0.3) is 10.2 Å². The molecule has 0 spiro atoms. The van der Waals surface area contributed by atoms with Crippen molar-refractivity contribution in [1.82, 2.24) is 14.3 Å². The molecule has 184 valence electrons. The summed E-state index contributed by atoms with van der Waals surface area (Å²) in [5.41, 5.74) is 5.53. The molecule has 2 fully saturated rings. The first-order valence-corrected chi connectivity index (χ1v) is 12.9. The van der Waals surface area contributed by atoms with E-state index >= 15 is 0 Å². The number of amides is 2. The molecule has 1 aromatic carbocycles. The first-order chi connectivity index (χ1) is 16.9. The molecule has 35 heavy (non-hydrogen) atoms. The van der Waals surface area contributed by atoms with Gasteiger partial charge in [0, 0.05) is 44.0 Å². The normalized spacial score (nSPS) is 17.1. The van der Waals surface area contributed by atoms with Gasteiger partial charge >= 0.3 is 0 Å². The molecule has 0 aliphatic carbocycles. The molecule has 1 N–H and O–H groups in total. The van der Waals surface area contributed by atoms with Crippen LogP contribution in [0.15, 0.2) is 24.4 Å². The van der Waals surface area contributed by atoms with Gasteiger partial charge in [-0.15, -0.1) is 0 Å². The fourth-order valence-corrected chi connectivity index (χ4v) is 5.76. The molecular weight excluding hydrogens is 462 g/mol. The Morgan fingerprint density at radius 2 is 1.83 bits per heavy atom. The van der Waals surface area contributed by atoms with E-state index in [-0.39, 0.29) is 17.7 Å². The molecule has 9 heteroatoms. The van der Waals surface area contributed by atoms with Crippen LogP contribution in [-0.2, 0) is 9.53 Å². The molecule has 0 saturated carbocycles. The number of piperidine rings is 1. The molecule has 2 aliphatic heterocycles. The van der Waals surface area contributed by atoms with E-state index in [4.69, 9.17) is 4.74 Å². The molecule has 2 aliphatic rings. The van der Waals surface area contributed by atoms with Crippen molar-refractivity contribution in [1.29, 1.82) is 0 Å². The minimum atomic E-state index is -0.0654. The van der Waals surface area contributed by atoms with Gasteiger partial charge in [-0.2, -0.15) is 4.37 Å². The summed E-state index contributed by atoms with van der Waals surface area (Å²) in [6, 6.07) is 6.07. The van der Waals surface area contributed by atoms with E-state index in [9.17, 15) is 9.59 Å². The number of hydrogen-bond donors (Lipinski definition) is 1. The highest BCUT2D eigenvalue weighted by molar-refractivity contribution is 7.13. The van der Waals surface area contributed by atoms with Gasteiger partial charge in [0.2, 0.25) is 5.91 Å². The van der Waals surface area contributed by atoms with Crippen molar-refractivity contribution in [2.75, 3.05) is 49.6 Å². The maximum atomic E-state index is 13.5. The number of carbonyl (C=O) groups excluding carboxylic acids is 2. The number of nitrogens with zero attached hydrogens (tertiary/aromatic N) is 4. The van der Waals surface area contributed by atoms with Crippen molar-refractivity contribution in [2.45, 2.75) is 33.6 Å². The van der Waals surface area contributed by atoms with Gasteiger partial charge in [0.05, 0.1) is 35.5 Å². The number of ether oxygens (including phenoxy) is 1. The second-order valence-corrected chi connectivity index (χ2v) is 10.2. The Labute approximate surface area is 209 Å². The lowest BCUT2D eigenvalue weighted by Crippen LogP contribution is -2.42. The number of pyridine rings is 1. The highest BCUT2D eigenvalue weighted by atomic mass is 32.1. The minimum absolute atomic E-state index is 0.0157. The van der Waals surface area contributed by atoms with Gasteiger partial charge in [-0.1, -0.05) is 17.7 Å². The maximum absolute atomic E-state index is 13.5. The summed E-state index contributed by atoms with van der Waals surface area (Å²) >= 11 is 1.36. The summed E-state index contributed by atoms with van der Waals surface area (Å²) in [6.07, 6.45) is 3.15. The van der Waals surface area contributed by atoms with Crippen LogP contribution in [0.5, 0.6) is 0 Å². The van der Waals surface area contributed by atoms with Gasteiger partial charge in [-0.25, -0.2) is 4.98 Å². The van der Waals surface area contributed by atoms with Crippen molar-refractivity contribution in [3.05, 3.63) is 46.8 Å². The van der Waals surface area contributed by atoms with Gasteiger partial charge in [-0.3, -0.25) is 9.59 Å². The van der Waals surface area contributed by atoms with Crippen LogP contribution >= 0.6 is 11.5 Å². The standard InChI is InChI=1S/C26H31N5O3S/c1-16-4-5-21(17(2)14-16)28-24(32)19-6-8-30(9-7-19)23-20(26(33)31-10-12-34-13-11-31)15-27-25-22(23)18(3)29-35-25/h4-5,14-15,19H,6-13H2,1-3H3,(H,28,32). The molecule has 0 radical (unpaired) electrons. The summed E-state index contributed by atoms with van der Waals surface area (Å²) < 4.78 is 9.95. The summed E-state index contributed by atoms with van der Waals surface area (Å²) in [6.45, 7) is 9.70. The number of rotatable bonds is 4. The smallest absolute Gasteiger partial charge is 0.257 e. The maximum Gasteiger partial charge on any atom is 0.257 e. The Balaban J connectivity index is 1.36. The zero-order valence-corrected chi connectivity index (χ0v) is 21.3. The number of hydrogen-bond acceptors (Lipinski definition) is 7. The van der Waals surface area contributed by atoms with Crippen LogP contribution < -0.4 is 10.2 Å². The quantitative estimate of drug-likeness (QED) is 0.592. The highest BCUT2D eigenvalue weighted by Crippen LogP contribution is 2.37.